The van der Waals surface area contributed by atoms with Gasteiger partial charge in [-0.25, -0.2) is 18.5 Å². The normalized spacial score (nSPS) is 13.1. The molecule has 1 N–H and O–H groups in total. The van der Waals surface area contributed by atoms with Crippen LogP contribution in [0.25, 0.3) is 5.69 Å². The van der Waals surface area contributed by atoms with Gasteiger partial charge in [0.25, 0.3) is 5.56 Å². The van der Waals surface area contributed by atoms with E-state index in [0.29, 0.717) is 0 Å². The second kappa shape index (κ2) is 7.58. The van der Waals surface area contributed by atoms with Crippen molar-refractivity contribution in [2.75, 3.05) is 0 Å². The van der Waals surface area contributed by atoms with Gasteiger partial charge in [0, 0.05) is 24.9 Å². The molecule has 7 nitrogen and oxygen atoms in total. The molecule has 1 aromatic carbocycles. The number of nitrogens with zero attached hydrogens (tertiary/aromatic N) is 3. The fourth-order valence-corrected chi connectivity index (χ4v) is 2.40. The molecule has 1 aromatic heterocycles. The number of alkyl halides is 3. The van der Waals surface area contributed by atoms with Crippen LogP contribution < -0.4 is 11.2 Å². The van der Waals surface area contributed by atoms with Crippen LogP contribution in [0.1, 0.15) is 18.2 Å². The van der Waals surface area contributed by atoms with Gasteiger partial charge < -0.3 is 5.11 Å². The maximum Gasteiger partial charge on any atom is 0.431 e. The van der Waals surface area contributed by atoms with Crippen LogP contribution in [-0.4, -0.2) is 32.5 Å². The van der Waals surface area contributed by atoms with Gasteiger partial charge in [0.15, 0.2) is 0 Å². The van der Waals surface area contributed by atoms with Crippen molar-refractivity contribution in [1.29, 1.82) is 0 Å². The summed E-state index contributed by atoms with van der Waals surface area (Å²) in [7, 11) is 0.784. The average Bonchev–Trinajstić information content (AvgIpc) is 2.57. The fraction of sp³-hybridized carbons (Fsp3) is 0.250. The second-order valence-electron chi connectivity index (χ2n) is 5.66. The van der Waals surface area contributed by atoms with E-state index in [4.69, 9.17) is 16.7 Å². The summed E-state index contributed by atoms with van der Waals surface area (Å²) in [6.45, 7) is 1.26. The summed E-state index contributed by atoms with van der Waals surface area (Å²) >= 11 is 5.85. The van der Waals surface area contributed by atoms with Crippen molar-refractivity contribution in [2.45, 2.75) is 19.1 Å². The lowest BCUT2D eigenvalue weighted by atomic mass is 10.2. The van der Waals surface area contributed by atoms with E-state index in [9.17, 15) is 31.9 Å². The number of aliphatic imine (C=N–C) groups is 1. The van der Waals surface area contributed by atoms with Crippen LogP contribution in [0.4, 0.5) is 17.6 Å². The van der Waals surface area contributed by atoms with Gasteiger partial charge in [0.05, 0.1) is 10.7 Å². The molecule has 0 radical (unpaired) electrons. The fourth-order valence-electron chi connectivity index (χ4n) is 2.20. The van der Waals surface area contributed by atoms with Crippen LogP contribution in [0.15, 0.2) is 32.8 Å². The van der Waals surface area contributed by atoms with E-state index in [1.165, 1.54) is 6.92 Å². The molecule has 2 aromatic rings. The van der Waals surface area contributed by atoms with Crippen LogP contribution in [0.3, 0.4) is 0 Å². The van der Waals surface area contributed by atoms with Gasteiger partial charge in [0.2, 0.25) is 0 Å². The predicted octanol–water partition coefficient (Wildman–Crippen LogP) is 2.24. The molecule has 28 heavy (non-hydrogen) atoms. The maximum absolute atomic E-state index is 14.3. The number of aliphatic carboxylic acids is 1. The molecule has 0 spiro atoms. The summed E-state index contributed by atoms with van der Waals surface area (Å²) in [6, 6.07) is 0.639. The standard InChI is InChI=1S/C16H12ClF4N3O4/c1-7(14(26)27)22-6-8-3-11(10(18)4-9(8)17)24-13(25)5-12(16(19,20)21)23(2)15(24)28/h3-7H,1-2H3,(H,26,27)/t7-/m1/s1. The highest BCUT2D eigenvalue weighted by molar-refractivity contribution is 6.33. The summed E-state index contributed by atoms with van der Waals surface area (Å²) < 4.78 is 53.4. The molecule has 0 bridgehead atoms. The Bertz CT molecular complexity index is 1090. The third-order valence-corrected chi connectivity index (χ3v) is 4.04. The number of carboxylic acids is 1. The van der Waals surface area contributed by atoms with Crippen LogP contribution in [0.2, 0.25) is 5.02 Å². The van der Waals surface area contributed by atoms with Crippen LogP contribution in [0.5, 0.6) is 0 Å². The van der Waals surface area contributed by atoms with Crippen LogP contribution >= 0.6 is 11.6 Å². The highest BCUT2D eigenvalue weighted by atomic mass is 35.5. The largest absolute Gasteiger partial charge is 0.480 e. The predicted molar refractivity (Wildman–Crippen MR) is 91.9 cm³/mol. The first-order valence-corrected chi connectivity index (χ1v) is 7.88. The lowest BCUT2D eigenvalue weighted by Crippen LogP contribution is -2.41. The maximum atomic E-state index is 14.3. The van der Waals surface area contributed by atoms with E-state index >= 15 is 0 Å². The highest BCUT2D eigenvalue weighted by Crippen LogP contribution is 2.27. The first-order valence-electron chi connectivity index (χ1n) is 7.50. The van der Waals surface area contributed by atoms with Gasteiger partial charge in [0.1, 0.15) is 17.6 Å². The number of hydrogen-bond acceptors (Lipinski definition) is 4. The summed E-state index contributed by atoms with van der Waals surface area (Å²) in [5.74, 6) is -2.39. The van der Waals surface area contributed by atoms with Crippen molar-refractivity contribution in [2.24, 2.45) is 12.0 Å². The van der Waals surface area contributed by atoms with E-state index in [1.54, 1.807) is 0 Å². The van der Waals surface area contributed by atoms with Gasteiger partial charge in [-0.3, -0.25) is 14.4 Å². The molecule has 1 heterocycles. The number of carboxylic acid groups (broad SMARTS) is 1. The Morgan fingerprint density at radius 2 is 1.89 bits per heavy atom. The number of hydrogen-bond donors (Lipinski definition) is 1. The quantitative estimate of drug-likeness (QED) is 0.605. The minimum atomic E-state index is -4.96. The van der Waals surface area contributed by atoms with E-state index < -0.39 is 46.6 Å². The summed E-state index contributed by atoms with van der Waals surface area (Å²) in [5, 5.41) is 8.60. The molecule has 0 saturated carbocycles. The number of benzene rings is 1. The van der Waals surface area contributed by atoms with Crippen molar-refractivity contribution < 1.29 is 27.5 Å². The van der Waals surface area contributed by atoms with Crippen LogP contribution in [-0.2, 0) is 18.0 Å². The van der Waals surface area contributed by atoms with E-state index in [-0.39, 0.29) is 25.8 Å². The van der Waals surface area contributed by atoms with Gasteiger partial charge in [-0.05, 0) is 19.1 Å². The van der Waals surface area contributed by atoms with Gasteiger partial charge in [-0.2, -0.15) is 13.2 Å². The highest BCUT2D eigenvalue weighted by Gasteiger charge is 2.35. The van der Waals surface area contributed by atoms with Gasteiger partial charge in [-0.15, -0.1) is 0 Å². The Morgan fingerprint density at radius 3 is 2.43 bits per heavy atom. The first kappa shape index (κ1) is 21.4. The third kappa shape index (κ3) is 4.14. The molecule has 2 rings (SSSR count). The van der Waals surface area contributed by atoms with Crippen LogP contribution in [0, 0.1) is 5.82 Å². The zero-order chi connectivity index (χ0) is 21.4. The number of carbonyl (C=O) groups is 1. The summed E-state index contributed by atoms with van der Waals surface area (Å²) in [5.41, 5.74) is -5.03. The van der Waals surface area contributed by atoms with Crippen molar-refractivity contribution in [1.82, 2.24) is 9.13 Å². The molecule has 0 fully saturated rings. The van der Waals surface area contributed by atoms with Gasteiger partial charge in [-0.1, -0.05) is 11.6 Å². The molecule has 0 saturated heterocycles. The lowest BCUT2D eigenvalue weighted by molar-refractivity contribution is -0.144. The molecule has 0 unspecified atom stereocenters. The van der Waals surface area contributed by atoms with Crippen molar-refractivity contribution in [3.05, 3.63) is 61.1 Å². The molecule has 150 valence electrons. The zero-order valence-electron chi connectivity index (χ0n) is 14.3. The average molecular weight is 422 g/mol. The lowest BCUT2D eigenvalue weighted by Gasteiger charge is -2.14. The minimum absolute atomic E-state index is 0.0417. The minimum Gasteiger partial charge on any atom is -0.480 e. The van der Waals surface area contributed by atoms with E-state index in [0.717, 1.165) is 25.4 Å². The topological polar surface area (TPSA) is 93.7 Å². The summed E-state index contributed by atoms with van der Waals surface area (Å²) in [6.07, 6.45) is -3.97. The number of halogens is 5. The number of aromatic nitrogens is 2. The van der Waals surface area contributed by atoms with Crippen molar-refractivity contribution >= 4 is 23.8 Å². The van der Waals surface area contributed by atoms with Crippen molar-refractivity contribution in [3.8, 4) is 5.69 Å². The molecule has 1 atom stereocenters. The smallest absolute Gasteiger partial charge is 0.431 e. The molecule has 0 amide bonds. The monoisotopic (exact) mass is 421 g/mol. The molecule has 0 aliphatic heterocycles. The Morgan fingerprint density at radius 1 is 1.29 bits per heavy atom. The zero-order valence-corrected chi connectivity index (χ0v) is 15.0. The van der Waals surface area contributed by atoms with E-state index in [1.807, 2.05) is 0 Å². The SMILES string of the molecule is C[C@@H](N=Cc1cc(-n2c(=O)cc(C(F)(F)F)n(C)c2=O)c(F)cc1Cl)C(=O)O. The van der Waals surface area contributed by atoms with Gasteiger partial charge >= 0.3 is 17.8 Å². The molecular weight excluding hydrogens is 410 g/mol. The van der Waals surface area contributed by atoms with E-state index in [2.05, 4.69) is 4.99 Å². The molecule has 0 aliphatic rings. The first-order chi connectivity index (χ1) is 12.8. The Labute approximate surface area is 159 Å². The molecule has 0 aliphatic carbocycles. The van der Waals surface area contributed by atoms with Crippen molar-refractivity contribution in [3.63, 3.8) is 0 Å². The Kier molecular flexibility index (Phi) is 5.78. The Balaban J connectivity index is 2.72. The second-order valence-corrected chi connectivity index (χ2v) is 6.07. The summed E-state index contributed by atoms with van der Waals surface area (Å²) in [4.78, 5) is 38.9. The molecule has 12 heteroatoms. The third-order valence-electron chi connectivity index (χ3n) is 3.71. The molecular formula is C16H12ClF4N3O4. The number of rotatable bonds is 4. The Hall–Kier alpha value is -2.95.